The standard InChI is InChI=1S/C22H21NO8S/c1-14(23-31-20(27)11-10-19(25)26)21(28)15-2-6-17(7-3-15)32-18-8-4-16(5-9-18)22(29)30-13-12-24/h2-9,24H,10-13H2,1H3,(H,25,26)/b23-14+. The van der Waals surface area contributed by atoms with Crippen LogP contribution in [0, 0.1) is 0 Å². The van der Waals surface area contributed by atoms with Crippen molar-refractivity contribution < 1.29 is 39.0 Å². The normalized spacial score (nSPS) is 11.0. The number of esters is 1. The first-order valence-electron chi connectivity index (χ1n) is 9.47. The Labute approximate surface area is 188 Å². The van der Waals surface area contributed by atoms with Gasteiger partial charge >= 0.3 is 17.9 Å². The van der Waals surface area contributed by atoms with E-state index in [2.05, 4.69) is 9.99 Å². The van der Waals surface area contributed by atoms with Gasteiger partial charge in [-0.1, -0.05) is 16.9 Å². The minimum atomic E-state index is -1.13. The van der Waals surface area contributed by atoms with E-state index in [4.69, 9.17) is 14.9 Å². The molecule has 0 fully saturated rings. The van der Waals surface area contributed by atoms with E-state index >= 15 is 0 Å². The Balaban J connectivity index is 1.94. The maximum atomic E-state index is 12.4. The van der Waals surface area contributed by atoms with Crippen molar-refractivity contribution in [3.05, 3.63) is 59.7 Å². The van der Waals surface area contributed by atoms with Gasteiger partial charge in [0.25, 0.3) is 0 Å². The second-order valence-electron chi connectivity index (χ2n) is 6.37. The van der Waals surface area contributed by atoms with Gasteiger partial charge in [-0.3, -0.25) is 9.59 Å². The predicted octanol–water partition coefficient (Wildman–Crippen LogP) is 2.95. The average molecular weight is 459 g/mol. The molecule has 0 atom stereocenters. The highest BCUT2D eigenvalue weighted by Gasteiger charge is 2.13. The number of carboxylic acids is 1. The van der Waals surface area contributed by atoms with Crippen LogP contribution in [-0.2, 0) is 19.2 Å². The molecule has 0 heterocycles. The minimum absolute atomic E-state index is 0.0437. The molecule has 0 aromatic heterocycles. The van der Waals surface area contributed by atoms with Crippen molar-refractivity contribution in [1.29, 1.82) is 0 Å². The van der Waals surface area contributed by atoms with Gasteiger partial charge in [0.15, 0.2) is 0 Å². The average Bonchev–Trinajstić information content (AvgIpc) is 2.80. The topological polar surface area (TPSA) is 140 Å². The number of Topliss-reactive ketones (excluding diaryl/α,β-unsaturated/α-hetero) is 1. The summed E-state index contributed by atoms with van der Waals surface area (Å²) >= 11 is 1.43. The first kappa shape index (κ1) is 24.8. The van der Waals surface area contributed by atoms with E-state index < -0.39 is 23.7 Å². The molecule has 2 rings (SSSR count). The summed E-state index contributed by atoms with van der Waals surface area (Å²) < 4.78 is 4.85. The molecule has 0 saturated heterocycles. The van der Waals surface area contributed by atoms with E-state index in [1.807, 2.05) is 0 Å². The third-order valence-corrected chi connectivity index (χ3v) is 4.94. The van der Waals surface area contributed by atoms with Crippen molar-refractivity contribution in [2.45, 2.75) is 29.6 Å². The zero-order valence-corrected chi connectivity index (χ0v) is 18.0. The Morgan fingerprint density at radius 3 is 2.00 bits per heavy atom. The SMILES string of the molecule is C/C(=N\OC(=O)CCC(=O)O)C(=O)c1ccc(Sc2ccc(C(=O)OCCO)cc2)cc1. The van der Waals surface area contributed by atoms with Crippen molar-refractivity contribution in [2.75, 3.05) is 13.2 Å². The molecule has 32 heavy (non-hydrogen) atoms. The predicted molar refractivity (Wildman–Crippen MR) is 115 cm³/mol. The van der Waals surface area contributed by atoms with E-state index in [0.29, 0.717) is 11.1 Å². The lowest BCUT2D eigenvalue weighted by molar-refractivity contribution is -0.147. The van der Waals surface area contributed by atoms with Crippen molar-refractivity contribution in [3.63, 3.8) is 0 Å². The van der Waals surface area contributed by atoms with Gasteiger partial charge in [0, 0.05) is 15.4 Å². The fraction of sp³-hybridized carbons (Fsp3) is 0.227. The summed E-state index contributed by atoms with van der Waals surface area (Å²) in [6.07, 6.45) is -0.714. The summed E-state index contributed by atoms with van der Waals surface area (Å²) in [5, 5.41) is 20.7. The van der Waals surface area contributed by atoms with Crippen LogP contribution in [0.4, 0.5) is 0 Å². The molecule has 168 valence electrons. The molecular weight excluding hydrogens is 438 g/mol. The molecule has 10 heteroatoms. The Bertz CT molecular complexity index is 1000. The van der Waals surface area contributed by atoms with Gasteiger partial charge in [-0.15, -0.1) is 0 Å². The molecule has 0 radical (unpaired) electrons. The van der Waals surface area contributed by atoms with Gasteiger partial charge in [0.05, 0.1) is 25.0 Å². The monoisotopic (exact) mass is 459 g/mol. The van der Waals surface area contributed by atoms with Crippen LogP contribution in [0.5, 0.6) is 0 Å². The summed E-state index contributed by atoms with van der Waals surface area (Å²) in [6, 6.07) is 13.5. The second-order valence-corrected chi connectivity index (χ2v) is 7.52. The number of rotatable bonds is 11. The lowest BCUT2D eigenvalue weighted by Crippen LogP contribution is -2.13. The first-order valence-corrected chi connectivity index (χ1v) is 10.3. The number of oxime groups is 1. The second kappa shape index (κ2) is 12.4. The maximum Gasteiger partial charge on any atom is 0.338 e. The summed E-state index contributed by atoms with van der Waals surface area (Å²) in [5.41, 5.74) is 0.680. The number of benzene rings is 2. The lowest BCUT2D eigenvalue weighted by Gasteiger charge is -2.06. The van der Waals surface area contributed by atoms with Crippen molar-refractivity contribution in [1.82, 2.24) is 0 Å². The summed E-state index contributed by atoms with van der Waals surface area (Å²) in [6.45, 7) is 1.10. The minimum Gasteiger partial charge on any atom is -0.481 e. The number of hydrogen-bond donors (Lipinski definition) is 2. The van der Waals surface area contributed by atoms with Gasteiger partial charge in [0.2, 0.25) is 5.78 Å². The molecule has 0 aliphatic carbocycles. The number of ether oxygens (including phenoxy) is 1. The van der Waals surface area contributed by atoms with E-state index in [9.17, 15) is 19.2 Å². The lowest BCUT2D eigenvalue weighted by atomic mass is 10.1. The highest BCUT2D eigenvalue weighted by Crippen LogP contribution is 2.28. The Morgan fingerprint density at radius 2 is 1.47 bits per heavy atom. The highest BCUT2D eigenvalue weighted by atomic mass is 32.2. The molecule has 0 saturated carbocycles. The molecular formula is C22H21NO8S. The van der Waals surface area contributed by atoms with Crippen LogP contribution in [-0.4, -0.2) is 52.8 Å². The molecule has 9 nitrogen and oxygen atoms in total. The number of aliphatic hydroxyl groups is 1. The molecule has 2 aromatic rings. The molecule has 2 N–H and O–H groups in total. The summed E-state index contributed by atoms with van der Waals surface area (Å²) in [7, 11) is 0. The molecule has 0 spiro atoms. The van der Waals surface area contributed by atoms with Gasteiger partial charge < -0.3 is 19.8 Å². The summed E-state index contributed by atoms with van der Waals surface area (Å²) in [4.78, 5) is 52.2. The van der Waals surface area contributed by atoms with Crippen LogP contribution in [0.2, 0.25) is 0 Å². The molecule has 0 unspecified atom stereocenters. The molecule has 0 bridgehead atoms. The number of carbonyl (C=O) groups is 4. The number of aliphatic carboxylic acids is 1. The smallest absolute Gasteiger partial charge is 0.338 e. The van der Waals surface area contributed by atoms with Gasteiger partial charge in [-0.2, -0.15) is 0 Å². The van der Waals surface area contributed by atoms with E-state index in [0.717, 1.165) is 9.79 Å². The van der Waals surface area contributed by atoms with Gasteiger partial charge in [0.1, 0.15) is 12.3 Å². The fourth-order valence-electron chi connectivity index (χ4n) is 2.32. The van der Waals surface area contributed by atoms with Crippen LogP contribution in [0.15, 0.2) is 63.5 Å². The Hall–Kier alpha value is -3.50. The molecule has 0 aliphatic heterocycles. The number of carboxylic acid groups (broad SMARTS) is 1. The number of carbonyl (C=O) groups excluding carboxylic acids is 3. The number of hydrogen-bond acceptors (Lipinski definition) is 9. The van der Waals surface area contributed by atoms with Crippen LogP contribution >= 0.6 is 11.8 Å². The molecule has 0 aliphatic rings. The van der Waals surface area contributed by atoms with Crippen molar-refractivity contribution in [2.24, 2.45) is 5.16 Å². The number of aliphatic hydroxyl groups excluding tert-OH is 1. The van der Waals surface area contributed by atoms with E-state index in [-0.39, 0.29) is 31.8 Å². The van der Waals surface area contributed by atoms with Gasteiger partial charge in [-0.05, 0) is 55.5 Å². The quantitative estimate of drug-likeness (QED) is 0.171. The van der Waals surface area contributed by atoms with Crippen molar-refractivity contribution >= 4 is 41.2 Å². The van der Waals surface area contributed by atoms with Gasteiger partial charge in [-0.25, -0.2) is 9.59 Å². The largest absolute Gasteiger partial charge is 0.481 e. The van der Waals surface area contributed by atoms with Crippen LogP contribution in [0.1, 0.15) is 40.5 Å². The zero-order chi connectivity index (χ0) is 23.5. The Kier molecular flexibility index (Phi) is 9.58. The van der Waals surface area contributed by atoms with Crippen molar-refractivity contribution in [3.8, 4) is 0 Å². The van der Waals surface area contributed by atoms with E-state index in [1.54, 1.807) is 48.5 Å². The fourth-order valence-corrected chi connectivity index (χ4v) is 3.13. The Morgan fingerprint density at radius 1 is 0.906 bits per heavy atom. The van der Waals surface area contributed by atoms with E-state index in [1.165, 1.54) is 18.7 Å². The molecule has 2 aromatic carbocycles. The summed E-state index contributed by atoms with van der Waals surface area (Å²) in [5.74, 6) is -2.91. The first-order chi connectivity index (χ1) is 15.3. The maximum absolute atomic E-state index is 12.4. The third-order valence-electron chi connectivity index (χ3n) is 3.92. The third kappa shape index (κ3) is 7.97. The van der Waals surface area contributed by atoms with Crippen LogP contribution < -0.4 is 0 Å². The van der Waals surface area contributed by atoms with Crippen LogP contribution in [0.3, 0.4) is 0 Å². The highest BCUT2D eigenvalue weighted by molar-refractivity contribution is 7.99. The van der Waals surface area contributed by atoms with Crippen LogP contribution in [0.25, 0.3) is 0 Å². The molecule has 0 amide bonds. The number of ketones is 1. The zero-order valence-electron chi connectivity index (χ0n) is 17.1. The number of nitrogens with zero attached hydrogens (tertiary/aromatic N) is 1.